The van der Waals surface area contributed by atoms with Crippen LogP contribution >= 0.6 is 11.6 Å². The number of furan rings is 1. The quantitative estimate of drug-likeness (QED) is 0.693. The van der Waals surface area contributed by atoms with Gasteiger partial charge in [0.25, 0.3) is 0 Å². The SMILES string of the molecule is Cc1cc(C(Cl)c2ccc(C)c(C)c2)c(C)o1. The summed E-state index contributed by atoms with van der Waals surface area (Å²) in [5.74, 6) is 1.81. The van der Waals surface area contributed by atoms with Crippen LogP contribution < -0.4 is 0 Å². The maximum Gasteiger partial charge on any atom is 0.106 e. The molecule has 1 heterocycles. The summed E-state index contributed by atoms with van der Waals surface area (Å²) in [6.45, 7) is 8.12. The van der Waals surface area contributed by atoms with Crippen LogP contribution in [0.15, 0.2) is 28.7 Å². The summed E-state index contributed by atoms with van der Waals surface area (Å²) < 4.78 is 5.53. The molecule has 1 atom stereocenters. The summed E-state index contributed by atoms with van der Waals surface area (Å²) in [6, 6.07) is 8.36. The number of benzene rings is 1. The molecule has 90 valence electrons. The van der Waals surface area contributed by atoms with E-state index in [1.165, 1.54) is 11.1 Å². The second-order valence-corrected chi connectivity index (χ2v) is 5.01. The molecular weight excluding hydrogens is 232 g/mol. The van der Waals surface area contributed by atoms with Gasteiger partial charge >= 0.3 is 0 Å². The predicted octanol–water partition coefficient (Wildman–Crippen LogP) is 4.84. The summed E-state index contributed by atoms with van der Waals surface area (Å²) in [5.41, 5.74) is 4.75. The second kappa shape index (κ2) is 4.58. The van der Waals surface area contributed by atoms with E-state index in [1.807, 2.05) is 19.9 Å². The Morgan fingerprint density at radius 3 is 2.24 bits per heavy atom. The van der Waals surface area contributed by atoms with Crippen LogP contribution in [0.5, 0.6) is 0 Å². The monoisotopic (exact) mass is 248 g/mol. The van der Waals surface area contributed by atoms with Crippen molar-refractivity contribution in [3.05, 3.63) is 58.0 Å². The number of hydrogen-bond donors (Lipinski definition) is 0. The lowest BCUT2D eigenvalue weighted by Crippen LogP contribution is -1.95. The standard InChI is InChI=1S/C15H17ClO/c1-9-5-6-13(7-10(9)2)15(16)14-8-11(3)17-12(14)4/h5-8,15H,1-4H3. The van der Waals surface area contributed by atoms with Gasteiger partial charge in [-0.25, -0.2) is 0 Å². The summed E-state index contributed by atoms with van der Waals surface area (Å²) in [7, 11) is 0. The van der Waals surface area contributed by atoms with Crippen LogP contribution in [0.4, 0.5) is 0 Å². The van der Waals surface area contributed by atoms with Crippen molar-refractivity contribution in [3.63, 3.8) is 0 Å². The highest BCUT2D eigenvalue weighted by Gasteiger charge is 2.16. The van der Waals surface area contributed by atoms with Crippen LogP contribution in [0, 0.1) is 27.7 Å². The molecule has 0 spiro atoms. The van der Waals surface area contributed by atoms with Gasteiger partial charge in [-0.05, 0) is 50.5 Å². The largest absolute Gasteiger partial charge is 0.466 e. The molecule has 1 unspecified atom stereocenters. The van der Waals surface area contributed by atoms with Crippen molar-refractivity contribution in [2.24, 2.45) is 0 Å². The van der Waals surface area contributed by atoms with Crippen molar-refractivity contribution in [3.8, 4) is 0 Å². The lowest BCUT2D eigenvalue weighted by Gasteiger charge is -2.11. The first kappa shape index (κ1) is 12.3. The molecule has 0 aliphatic rings. The lowest BCUT2D eigenvalue weighted by atomic mass is 10.0. The molecule has 0 radical (unpaired) electrons. The summed E-state index contributed by atoms with van der Waals surface area (Å²) in [5, 5.41) is -0.133. The molecule has 1 aromatic carbocycles. The Bertz CT molecular complexity index is 540. The normalized spacial score (nSPS) is 12.8. The molecule has 2 heteroatoms. The molecular formula is C15H17ClO. The van der Waals surface area contributed by atoms with Gasteiger partial charge in [0.05, 0.1) is 5.38 Å². The average molecular weight is 249 g/mol. The lowest BCUT2D eigenvalue weighted by molar-refractivity contribution is 0.501. The van der Waals surface area contributed by atoms with Gasteiger partial charge in [0.15, 0.2) is 0 Å². The number of hydrogen-bond acceptors (Lipinski definition) is 1. The van der Waals surface area contributed by atoms with E-state index in [-0.39, 0.29) is 5.38 Å². The van der Waals surface area contributed by atoms with E-state index in [4.69, 9.17) is 16.0 Å². The molecule has 1 nitrogen and oxygen atoms in total. The van der Waals surface area contributed by atoms with Crippen molar-refractivity contribution < 1.29 is 4.42 Å². The first-order chi connectivity index (χ1) is 7.99. The highest BCUT2D eigenvalue weighted by Crippen LogP contribution is 2.33. The molecule has 0 fully saturated rings. The maximum absolute atomic E-state index is 6.51. The molecule has 0 saturated heterocycles. The fraction of sp³-hybridized carbons (Fsp3) is 0.333. The highest BCUT2D eigenvalue weighted by atomic mass is 35.5. The highest BCUT2D eigenvalue weighted by molar-refractivity contribution is 6.22. The van der Waals surface area contributed by atoms with Gasteiger partial charge in [-0.1, -0.05) is 18.2 Å². The van der Waals surface area contributed by atoms with Crippen LogP contribution in [0.3, 0.4) is 0 Å². The molecule has 0 aliphatic heterocycles. The molecule has 2 rings (SSSR count). The van der Waals surface area contributed by atoms with Crippen LogP contribution in [0.2, 0.25) is 0 Å². The Morgan fingerprint density at radius 2 is 1.71 bits per heavy atom. The Kier molecular flexibility index (Phi) is 3.30. The zero-order valence-corrected chi connectivity index (χ0v) is 11.4. The van der Waals surface area contributed by atoms with Gasteiger partial charge in [0.2, 0.25) is 0 Å². The van der Waals surface area contributed by atoms with Crippen LogP contribution in [-0.2, 0) is 0 Å². The van der Waals surface area contributed by atoms with E-state index in [0.29, 0.717) is 0 Å². The molecule has 17 heavy (non-hydrogen) atoms. The van der Waals surface area contributed by atoms with E-state index in [0.717, 1.165) is 22.6 Å². The third-order valence-corrected chi connectivity index (χ3v) is 3.66. The van der Waals surface area contributed by atoms with Gasteiger partial charge < -0.3 is 4.42 Å². The van der Waals surface area contributed by atoms with E-state index < -0.39 is 0 Å². The zero-order chi connectivity index (χ0) is 12.6. The van der Waals surface area contributed by atoms with Gasteiger partial charge in [0, 0.05) is 5.56 Å². The fourth-order valence-electron chi connectivity index (χ4n) is 2.00. The molecule has 0 N–H and O–H groups in total. The number of rotatable bonds is 2. The minimum atomic E-state index is -0.133. The third-order valence-electron chi connectivity index (χ3n) is 3.18. The van der Waals surface area contributed by atoms with Crippen LogP contribution in [0.25, 0.3) is 0 Å². The van der Waals surface area contributed by atoms with E-state index >= 15 is 0 Å². The van der Waals surface area contributed by atoms with Crippen molar-refractivity contribution in [1.82, 2.24) is 0 Å². The van der Waals surface area contributed by atoms with Gasteiger partial charge in [0.1, 0.15) is 11.5 Å². The first-order valence-electron chi connectivity index (χ1n) is 5.77. The topological polar surface area (TPSA) is 13.1 Å². The van der Waals surface area contributed by atoms with E-state index in [1.54, 1.807) is 0 Å². The average Bonchev–Trinajstić information content (AvgIpc) is 2.61. The molecule has 1 aromatic heterocycles. The predicted molar refractivity (Wildman–Crippen MR) is 71.8 cm³/mol. The number of aryl methyl sites for hydroxylation is 4. The fourth-order valence-corrected chi connectivity index (χ4v) is 2.36. The van der Waals surface area contributed by atoms with E-state index in [2.05, 4.69) is 32.0 Å². The number of halogens is 1. The molecule has 2 aromatic rings. The third kappa shape index (κ3) is 2.39. The van der Waals surface area contributed by atoms with Crippen LogP contribution in [-0.4, -0.2) is 0 Å². The Labute approximate surface area is 107 Å². The van der Waals surface area contributed by atoms with Crippen LogP contribution in [0.1, 0.15) is 39.2 Å². The van der Waals surface area contributed by atoms with Crippen molar-refractivity contribution in [1.29, 1.82) is 0 Å². The summed E-state index contributed by atoms with van der Waals surface area (Å²) in [4.78, 5) is 0. The Hall–Kier alpha value is -1.21. The zero-order valence-electron chi connectivity index (χ0n) is 10.7. The van der Waals surface area contributed by atoms with Gasteiger partial charge in [-0.15, -0.1) is 11.6 Å². The Morgan fingerprint density at radius 1 is 1.00 bits per heavy atom. The minimum Gasteiger partial charge on any atom is -0.466 e. The molecule has 0 saturated carbocycles. The maximum atomic E-state index is 6.51. The van der Waals surface area contributed by atoms with Crippen molar-refractivity contribution >= 4 is 11.6 Å². The molecule has 0 aliphatic carbocycles. The number of alkyl halides is 1. The van der Waals surface area contributed by atoms with Gasteiger partial charge in [-0.3, -0.25) is 0 Å². The smallest absolute Gasteiger partial charge is 0.106 e. The van der Waals surface area contributed by atoms with Crippen molar-refractivity contribution in [2.75, 3.05) is 0 Å². The minimum absolute atomic E-state index is 0.133. The van der Waals surface area contributed by atoms with E-state index in [9.17, 15) is 0 Å². The Balaban J connectivity index is 2.40. The first-order valence-corrected chi connectivity index (χ1v) is 6.21. The second-order valence-electron chi connectivity index (χ2n) is 4.57. The molecule has 0 amide bonds. The summed E-state index contributed by atoms with van der Waals surface area (Å²) in [6.07, 6.45) is 0. The van der Waals surface area contributed by atoms with Gasteiger partial charge in [-0.2, -0.15) is 0 Å². The van der Waals surface area contributed by atoms with Crippen molar-refractivity contribution in [2.45, 2.75) is 33.1 Å². The molecule has 0 bridgehead atoms. The summed E-state index contributed by atoms with van der Waals surface area (Å²) >= 11 is 6.51.